The fraction of sp³-hybridized carbons (Fsp3) is 0.167. The van der Waals surface area contributed by atoms with Crippen LogP contribution in [0.3, 0.4) is 0 Å². The molecule has 1 N–H and O–H groups in total. The fourth-order valence-electron chi connectivity index (χ4n) is 0.255. The number of carboxylic acids is 1. The number of aliphatic carboxylic acids is 1. The molecule has 0 aromatic heterocycles. The van der Waals surface area contributed by atoms with Crippen molar-refractivity contribution in [1.29, 1.82) is 0 Å². The maximum Gasteiger partial charge on any atom is 0.320 e. The summed E-state index contributed by atoms with van der Waals surface area (Å²) in [6, 6.07) is 0. The molecule has 0 unspecified atom stereocenters. The zero-order chi connectivity index (χ0) is 7.28. The fourth-order valence-corrected chi connectivity index (χ4v) is 0.255. The summed E-state index contributed by atoms with van der Waals surface area (Å²) >= 11 is 0. The summed E-state index contributed by atoms with van der Waals surface area (Å²) in [5, 5.41) is 18.2. The van der Waals surface area contributed by atoms with Crippen LogP contribution in [0.4, 0.5) is 0 Å². The van der Waals surface area contributed by atoms with Crippen LogP contribution in [-0.4, -0.2) is 11.1 Å². The van der Waals surface area contributed by atoms with E-state index in [1.807, 2.05) is 0 Å². The molecule has 0 aliphatic carbocycles. The molecule has 3 heteroatoms. The first-order valence-corrected chi connectivity index (χ1v) is 2.41. The molecule has 0 aromatic rings. The van der Waals surface area contributed by atoms with Gasteiger partial charge in [0.1, 0.15) is 0 Å². The van der Waals surface area contributed by atoms with Crippen LogP contribution in [0.1, 0.15) is 6.92 Å². The van der Waals surface area contributed by atoms with Crippen LogP contribution in [0, 0.1) is 0 Å². The van der Waals surface area contributed by atoms with E-state index in [0.29, 0.717) is 0 Å². The first kappa shape index (κ1) is 7.75. The third-order valence-corrected chi connectivity index (χ3v) is 0.651. The van der Waals surface area contributed by atoms with Crippen LogP contribution in [-0.2, 0) is 4.79 Å². The van der Waals surface area contributed by atoms with Gasteiger partial charge in [-0.2, -0.15) is 0 Å². The van der Waals surface area contributed by atoms with Gasteiger partial charge in [0.2, 0.25) is 0 Å². The molecule has 0 heterocycles. The number of hydrogen-bond donors (Lipinski definition) is 1. The van der Waals surface area contributed by atoms with Crippen LogP contribution >= 0.6 is 0 Å². The van der Waals surface area contributed by atoms with E-state index in [4.69, 9.17) is 5.11 Å². The molecule has 0 amide bonds. The Morgan fingerprint density at radius 2 is 2.22 bits per heavy atom. The highest BCUT2D eigenvalue weighted by Crippen LogP contribution is 1.82. The van der Waals surface area contributed by atoms with Gasteiger partial charge in [-0.05, 0) is 12.7 Å². The van der Waals surface area contributed by atoms with E-state index in [0.717, 1.165) is 6.08 Å². The maximum absolute atomic E-state index is 10.2. The minimum absolute atomic E-state index is 0.895. The lowest BCUT2D eigenvalue weighted by Gasteiger charge is -2.00. The zero-order valence-electron chi connectivity index (χ0n) is 5.00. The smallest absolute Gasteiger partial charge is 0.320 e. The zero-order valence-corrected chi connectivity index (χ0v) is 5.00. The van der Waals surface area contributed by atoms with Crippen molar-refractivity contribution in [3.05, 3.63) is 24.0 Å². The van der Waals surface area contributed by atoms with E-state index >= 15 is 0 Å². The van der Waals surface area contributed by atoms with Gasteiger partial charge in [-0.3, -0.25) is 0 Å². The molecular weight excluding hydrogens is 120 g/mol. The van der Waals surface area contributed by atoms with E-state index in [1.54, 1.807) is 13.0 Å². The molecule has 9 heavy (non-hydrogen) atoms. The first-order chi connectivity index (χ1) is 4.18. The molecule has 0 saturated carbocycles. The second-order valence-electron chi connectivity index (χ2n) is 1.36. The topological polar surface area (TPSA) is 60.4 Å². The number of hydrogen-bond acceptors (Lipinski definition) is 2. The van der Waals surface area contributed by atoms with Crippen molar-refractivity contribution in [3.63, 3.8) is 0 Å². The number of carbonyl (C=O) groups is 1. The Bertz CT molecular complexity index is 156. The summed E-state index contributed by atoms with van der Waals surface area (Å²) in [7, 11) is 0. The molecule has 50 valence electrons. The maximum atomic E-state index is 10.2. The summed E-state index contributed by atoms with van der Waals surface area (Å²) in [4.78, 5) is 9.79. The van der Waals surface area contributed by atoms with Crippen molar-refractivity contribution in [2.75, 3.05) is 0 Å². The molecule has 0 spiro atoms. The van der Waals surface area contributed by atoms with E-state index in [1.165, 1.54) is 6.08 Å². The molecule has 0 radical (unpaired) electrons. The Morgan fingerprint density at radius 1 is 1.67 bits per heavy atom. The number of allylic oxidation sites excluding steroid dienone is 3. The van der Waals surface area contributed by atoms with Crippen LogP contribution in [0.2, 0.25) is 0 Å². The summed E-state index contributed by atoms with van der Waals surface area (Å²) in [6.45, 7) is 1.70. The van der Waals surface area contributed by atoms with E-state index < -0.39 is 11.7 Å². The van der Waals surface area contributed by atoms with Crippen molar-refractivity contribution in [3.8, 4) is 0 Å². The molecule has 0 bridgehead atoms. The third-order valence-electron chi connectivity index (χ3n) is 0.651. The average Bonchev–Trinajstić information content (AvgIpc) is 1.82. The summed E-state index contributed by atoms with van der Waals surface area (Å²) < 4.78 is 0. The first-order valence-electron chi connectivity index (χ1n) is 2.41. The van der Waals surface area contributed by atoms with Gasteiger partial charge >= 0.3 is 5.97 Å². The Hall–Kier alpha value is -1.25. The van der Waals surface area contributed by atoms with E-state index in [-0.39, 0.29) is 0 Å². The SMILES string of the molecule is C/C=C/C=C(/[O-])C(=O)O. The largest absolute Gasteiger partial charge is 0.868 e. The van der Waals surface area contributed by atoms with Crippen LogP contribution in [0.5, 0.6) is 0 Å². The van der Waals surface area contributed by atoms with Crippen molar-refractivity contribution in [1.82, 2.24) is 0 Å². The molecular formula is C6H7O3-. The number of rotatable bonds is 2. The van der Waals surface area contributed by atoms with Gasteiger partial charge in [-0.25, -0.2) is 4.79 Å². The highest BCUT2D eigenvalue weighted by molar-refractivity contribution is 5.83. The molecule has 3 nitrogen and oxygen atoms in total. The summed E-state index contributed by atoms with van der Waals surface area (Å²) in [6.07, 6.45) is 3.97. The molecule has 0 aliphatic heterocycles. The summed E-state index contributed by atoms with van der Waals surface area (Å²) in [5.41, 5.74) is 0. The van der Waals surface area contributed by atoms with E-state index in [2.05, 4.69) is 0 Å². The minimum Gasteiger partial charge on any atom is -0.868 e. The Balaban J connectivity index is 4.00. The molecule has 0 aromatic carbocycles. The lowest BCUT2D eigenvalue weighted by atomic mass is 10.4. The van der Waals surface area contributed by atoms with Gasteiger partial charge in [0, 0.05) is 0 Å². The predicted molar refractivity (Wildman–Crippen MR) is 30.5 cm³/mol. The monoisotopic (exact) mass is 127 g/mol. The van der Waals surface area contributed by atoms with Crippen molar-refractivity contribution in [2.45, 2.75) is 6.92 Å². The molecule has 0 rings (SSSR count). The van der Waals surface area contributed by atoms with Gasteiger partial charge < -0.3 is 10.2 Å². The third kappa shape index (κ3) is 3.34. The van der Waals surface area contributed by atoms with Gasteiger partial charge in [-0.15, -0.1) is 0 Å². The quantitative estimate of drug-likeness (QED) is 0.320. The normalized spacial score (nSPS) is 12.3. The van der Waals surface area contributed by atoms with E-state index in [9.17, 15) is 9.90 Å². The second-order valence-corrected chi connectivity index (χ2v) is 1.36. The van der Waals surface area contributed by atoms with Crippen LogP contribution in [0.15, 0.2) is 24.0 Å². The molecule has 0 atom stereocenters. The highest BCUT2D eigenvalue weighted by Gasteiger charge is 1.87. The minimum atomic E-state index is -1.42. The molecule has 0 aliphatic rings. The second kappa shape index (κ2) is 3.72. The number of carboxylic acid groups (broad SMARTS) is 1. The van der Waals surface area contributed by atoms with Gasteiger partial charge in [0.05, 0.1) is 0 Å². The van der Waals surface area contributed by atoms with Crippen molar-refractivity contribution >= 4 is 5.97 Å². The Morgan fingerprint density at radius 3 is 2.56 bits per heavy atom. The van der Waals surface area contributed by atoms with Gasteiger partial charge in [0.15, 0.2) is 0 Å². The molecule has 0 saturated heterocycles. The van der Waals surface area contributed by atoms with Crippen molar-refractivity contribution < 1.29 is 15.0 Å². The Kier molecular flexibility index (Phi) is 3.20. The average molecular weight is 127 g/mol. The predicted octanol–water partition coefficient (Wildman–Crippen LogP) is -0.109. The lowest BCUT2D eigenvalue weighted by Crippen LogP contribution is -2.13. The van der Waals surface area contributed by atoms with Gasteiger partial charge in [-0.1, -0.05) is 18.2 Å². The standard InChI is InChI=1S/C6H8O3/c1-2-3-4-5(7)6(8)9/h2-4,7H,1H3,(H,8,9)/p-1/b3-2+,5-4+. The highest BCUT2D eigenvalue weighted by atomic mass is 16.4. The molecule has 0 fully saturated rings. The van der Waals surface area contributed by atoms with Crippen LogP contribution < -0.4 is 5.11 Å². The van der Waals surface area contributed by atoms with Gasteiger partial charge in [0.25, 0.3) is 0 Å². The Labute approximate surface area is 52.9 Å². The summed E-state index contributed by atoms with van der Waals surface area (Å²) in [5.74, 6) is -2.32. The lowest BCUT2D eigenvalue weighted by molar-refractivity contribution is -0.302. The van der Waals surface area contributed by atoms with Crippen LogP contribution in [0.25, 0.3) is 0 Å². The van der Waals surface area contributed by atoms with Crippen molar-refractivity contribution in [2.24, 2.45) is 0 Å².